The van der Waals surface area contributed by atoms with E-state index in [1.54, 1.807) is 0 Å². The fourth-order valence-electron chi connectivity index (χ4n) is 2.74. The average molecular weight is 261 g/mol. The predicted molar refractivity (Wildman–Crippen MR) is 81.8 cm³/mol. The second-order valence-corrected chi connectivity index (χ2v) is 5.38. The largest absolute Gasteiger partial charge is 0.370 e. The van der Waals surface area contributed by atoms with Crippen LogP contribution in [0, 0.1) is 0 Å². The van der Waals surface area contributed by atoms with Gasteiger partial charge in [0.1, 0.15) is 5.82 Å². The Labute approximate surface area is 117 Å². The van der Waals surface area contributed by atoms with Crippen molar-refractivity contribution in [2.45, 2.75) is 46.0 Å². The summed E-state index contributed by atoms with van der Waals surface area (Å²) < 4.78 is 0. The molecule has 106 valence electrons. The fourth-order valence-corrected chi connectivity index (χ4v) is 2.74. The highest BCUT2D eigenvalue weighted by Gasteiger charge is 2.10. The Morgan fingerprint density at radius 3 is 2.95 bits per heavy atom. The van der Waals surface area contributed by atoms with Crippen molar-refractivity contribution in [3.63, 3.8) is 0 Å². The minimum Gasteiger partial charge on any atom is -0.370 e. The number of pyridine rings is 1. The number of nitrogens with zero attached hydrogens (tertiary/aromatic N) is 2. The maximum absolute atomic E-state index is 4.75. The number of nitrogens with one attached hydrogen (secondary N) is 1. The molecule has 19 heavy (non-hydrogen) atoms. The Morgan fingerprint density at radius 1 is 1.26 bits per heavy atom. The third kappa shape index (κ3) is 4.20. The summed E-state index contributed by atoms with van der Waals surface area (Å²) in [5, 5.41) is 3.41. The van der Waals surface area contributed by atoms with Crippen LogP contribution in [0.5, 0.6) is 0 Å². The quantitative estimate of drug-likeness (QED) is 0.817. The molecule has 0 aliphatic carbocycles. The SMILES string of the molecule is CCCN(CC)CCCc1ccc2c(n1)NCCC2. The van der Waals surface area contributed by atoms with E-state index in [-0.39, 0.29) is 0 Å². The summed E-state index contributed by atoms with van der Waals surface area (Å²) in [4.78, 5) is 7.28. The molecule has 0 radical (unpaired) electrons. The molecule has 1 N–H and O–H groups in total. The van der Waals surface area contributed by atoms with Gasteiger partial charge in [0.05, 0.1) is 0 Å². The van der Waals surface area contributed by atoms with Crippen LogP contribution in [-0.2, 0) is 12.8 Å². The van der Waals surface area contributed by atoms with Gasteiger partial charge in [-0.2, -0.15) is 0 Å². The summed E-state index contributed by atoms with van der Waals surface area (Å²) in [6, 6.07) is 4.47. The van der Waals surface area contributed by atoms with Gasteiger partial charge in [-0.1, -0.05) is 19.9 Å². The summed E-state index contributed by atoms with van der Waals surface area (Å²) in [7, 11) is 0. The van der Waals surface area contributed by atoms with Crippen LogP contribution in [0.1, 0.15) is 44.4 Å². The second-order valence-electron chi connectivity index (χ2n) is 5.38. The van der Waals surface area contributed by atoms with Crippen LogP contribution < -0.4 is 5.32 Å². The van der Waals surface area contributed by atoms with Crippen molar-refractivity contribution in [1.82, 2.24) is 9.88 Å². The first-order valence-corrected chi connectivity index (χ1v) is 7.78. The number of anilines is 1. The Bertz CT molecular complexity index is 390. The van der Waals surface area contributed by atoms with E-state index in [0.29, 0.717) is 0 Å². The van der Waals surface area contributed by atoms with E-state index in [9.17, 15) is 0 Å². The first kappa shape index (κ1) is 14.3. The Balaban J connectivity index is 1.82. The summed E-state index contributed by atoms with van der Waals surface area (Å²) >= 11 is 0. The van der Waals surface area contributed by atoms with Crippen LogP contribution in [0.4, 0.5) is 5.82 Å². The molecule has 3 heteroatoms. The van der Waals surface area contributed by atoms with Gasteiger partial charge in [-0.25, -0.2) is 4.98 Å². The molecule has 0 saturated heterocycles. The smallest absolute Gasteiger partial charge is 0.129 e. The highest BCUT2D eigenvalue weighted by atomic mass is 15.1. The van der Waals surface area contributed by atoms with Gasteiger partial charge >= 0.3 is 0 Å². The van der Waals surface area contributed by atoms with Gasteiger partial charge in [0.25, 0.3) is 0 Å². The summed E-state index contributed by atoms with van der Waals surface area (Å²) in [5.41, 5.74) is 2.62. The van der Waals surface area contributed by atoms with Gasteiger partial charge in [0, 0.05) is 12.2 Å². The van der Waals surface area contributed by atoms with E-state index < -0.39 is 0 Å². The zero-order valence-electron chi connectivity index (χ0n) is 12.4. The van der Waals surface area contributed by atoms with Crippen molar-refractivity contribution in [1.29, 1.82) is 0 Å². The highest BCUT2D eigenvalue weighted by molar-refractivity contribution is 5.46. The molecule has 1 aromatic rings. The molecule has 0 bridgehead atoms. The van der Waals surface area contributed by atoms with Crippen LogP contribution in [0.3, 0.4) is 0 Å². The van der Waals surface area contributed by atoms with Crippen LogP contribution in [-0.4, -0.2) is 36.1 Å². The lowest BCUT2D eigenvalue weighted by Gasteiger charge is -2.20. The van der Waals surface area contributed by atoms with E-state index in [0.717, 1.165) is 25.3 Å². The van der Waals surface area contributed by atoms with Crippen LogP contribution in [0.25, 0.3) is 0 Å². The molecule has 0 spiro atoms. The first-order valence-electron chi connectivity index (χ1n) is 7.78. The number of aromatic nitrogens is 1. The van der Waals surface area contributed by atoms with Crippen molar-refractivity contribution in [2.75, 3.05) is 31.5 Å². The lowest BCUT2D eigenvalue weighted by molar-refractivity contribution is 0.285. The number of aryl methyl sites for hydroxylation is 2. The molecule has 2 heterocycles. The maximum atomic E-state index is 4.75. The molecular formula is C16H27N3. The zero-order chi connectivity index (χ0) is 13.5. The second kappa shape index (κ2) is 7.49. The molecule has 0 amide bonds. The lowest BCUT2D eigenvalue weighted by Crippen LogP contribution is -2.25. The fraction of sp³-hybridized carbons (Fsp3) is 0.688. The van der Waals surface area contributed by atoms with Crippen molar-refractivity contribution in [3.8, 4) is 0 Å². The van der Waals surface area contributed by atoms with Crippen molar-refractivity contribution in [2.24, 2.45) is 0 Å². The average Bonchev–Trinajstić information content (AvgIpc) is 2.46. The van der Waals surface area contributed by atoms with Crippen molar-refractivity contribution in [3.05, 3.63) is 23.4 Å². The number of hydrogen-bond acceptors (Lipinski definition) is 3. The molecule has 2 rings (SSSR count). The monoisotopic (exact) mass is 261 g/mol. The lowest BCUT2D eigenvalue weighted by atomic mass is 10.1. The van der Waals surface area contributed by atoms with Gasteiger partial charge in [-0.05, 0) is 63.4 Å². The van der Waals surface area contributed by atoms with Gasteiger partial charge in [0.15, 0.2) is 0 Å². The minimum absolute atomic E-state index is 1.07. The molecule has 0 atom stereocenters. The maximum Gasteiger partial charge on any atom is 0.129 e. The van der Waals surface area contributed by atoms with Crippen LogP contribution in [0.15, 0.2) is 12.1 Å². The summed E-state index contributed by atoms with van der Waals surface area (Å²) in [6.45, 7) is 9.14. The van der Waals surface area contributed by atoms with E-state index in [1.165, 1.54) is 50.0 Å². The van der Waals surface area contributed by atoms with Crippen molar-refractivity contribution < 1.29 is 0 Å². The molecule has 1 aliphatic rings. The van der Waals surface area contributed by atoms with E-state index in [4.69, 9.17) is 4.98 Å². The zero-order valence-corrected chi connectivity index (χ0v) is 12.4. The highest BCUT2D eigenvalue weighted by Crippen LogP contribution is 2.20. The first-order chi connectivity index (χ1) is 9.33. The predicted octanol–water partition coefficient (Wildman–Crippen LogP) is 3.10. The van der Waals surface area contributed by atoms with Crippen LogP contribution in [0.2, 0.25) is 0 Å². The van der Waals surface area contributed by atoms with Gasteiger partial charge in [0.2, 0.25) is 0 Å². The normalized spacial score (nSPS) is 14.3. The minimum atomic E-state index is 1.07. The summed E-state index contributed by atoms with van der Waals surface area (Å²) in [6.07, 6.45) is 5.95. The standard InChI is InChI=1S/C16H27N3/c1-3-12-19(4-2)13-6-8-15-10-9-14-7-5-11-17-16(14)18-15/h9-10H,3-8,11-13H2,1-2H3,(H,17,18). The molecule has 0 aromatic carbocycles. The third-order valence-corrected chi connectivity index (χ3v) is 3.85. The number of fused-ring (bicyclic) bond motifs is 1. The van der Waals surface area contributed by atoms with Crippen molar-refractivity contribution >= 4 is 5.82 Å². The molecule has 0 unspecified atom stereocenters. The molecular weight excluding hydrogens is 234 g/mol. The molecule has 1 aromatic heterocycles. The molecule has 3 nitrogen and oxygen atoms in total. The van der Waals surface area contributed by atoms with Gasteiger partial charge < -0.3 is 10.2 Å². The topological polar surface area (TPSA) is 28.2 Å². The number of rotatable bonds is 7. The molecule has 0 fully saturated rings. The Hall–Kier alpha value is -1.09. The third-order valence-electron chi connectivity index (χ3n) is 3.85. The van der Waals surface area contributed by atoms with Gasteiger partial charge in [-0.15, -0.1) is 0 Å². The molecule has 1 aliphatic heterocycles. The van der Waals surface area contributed by atoms with Crippen LogP contribution >= 0.6 is 0 Å². The summed E-state index contributed by atoms with van der Waals surface area (Å²) in [5.74, 6) is 1.13. The molecule has 0 saturated carbocycles. The Kier molecular flexibility index (Phi) is 5.64. The Morgan fingerprint density at radius 2 is 2.16 bits per heavy atom. The van der Waals surface area contributed by atoms with Gasteiger partial charge in [-0.3, -0.25) is 0 Å². The van der Waals surface area contributed by atoms with E-state index in [1.807, 2.05) is 0 Å². The van der Waals surface area contributed by atoms with E-state index >= 15 is 0 Å². The van der Waals surface area contributed by atoms with E-state index in [2.05, 4.69) is 36.2 Å². The number of hydrogen-bond donors (Lipinski definition) is 1.